The number of amides is 1. The first-order valence-corrected chi connectivity index (χ1v) is 18.0. The third-order valence-corrected chi connectivity index (χ3v) is 10.4. The number of carbonyl (C=O) groups excluding carboxylic acids is 2. The molecule has 11 nitrogen and oxygen atoms in total. The lowest BCUT2D eigenvalue weighted by Gasteiger charge is -2.42. The number of likely N-dealkylation sites (N-methyl/N-ethyl adjacent to an activating group) is 1. The van der Waals surface area contributed by atoms with Crippen molar-refractivity contribution < 1.29 is 14.3 Å². The zero-order valence-corrected chi connectivity index (χ0v) is 29.1. The highest BCUT2D eigenvalue weighted by molar-refractivity contribution is 5.80. The highest BCUT2D eigenvalue weighted by Gasteiger charge is 2.40. The van der Waals surface area contributed by atoms with Crippen LogP contribution in [0.25, 0.3) is 0 Å². The maximum atomic E-state index is 12.3. The number of H-pyrrole nitrogens is 1. The first-order chi connectivity index (χ1) is 22.4. The fourth-order valence-electron chi connectivity index (χ4n) is 7.45. The predicted octanol–water partition coefficient (Wildman–Crippen LogP) is 4.56. The molecule has 1 N–H and O–H groups in total. The van der Waals surface area contributed by atoms with Crippen LogP contribution < -0.4 is 0 Å². The molecule has 11 heteroatoms. The van der Waals surface area contributed by atoms with Crippen LogP contribution in [0.15, 0.2) is 24.8 Å². The molecule has 0 unspecified atom stereocenters. The number of ether oxygens (including phenoxy) is 1. The summed E-state index contributed by atoms with van der Waals surface area (Å²) in [6.07, 6.45) is 17.2. The molecule has 0 aliphatic carbocycles. The van der Waals surface area contributed by atoms with Gasteiger partial charge in [0.1, 0.15) is 11.6 Å². The number of rotatable bonds is 20. The number of nitrogens with one attached hydrogen (secondary N) is 1. The fourth-order valence-corrected chi connectivity index (χ4v) is 7.45. The van der Waals surface area contributed by atoms with E-state index in [-0.39, 0.29) is 18.5 Å². The highest BCUT2D eigenvalue weighted by atomic mass is 16.5. The summed E-state index contributed by atoms with van der Waals surface area (Å²) in [6.45, 7) is 18.9. The van der Waals surface area contributed by atoms with Gasteiger partial charge in [0.15, 0.2) is 6.61 Å². The van der Waals surface area contributed by atoms with Crippen LogP contribution in [0.5, 0.6) is 0 Å². The number of esters is 1. The van der Waals surface area contributed by atoms with Gasteiger partial charge in [0.25, 0.3) is 5.91 Å². The molecule has 2 aliphatic heterocycles. The Bertz CT molecular complexity index is 1150. The van der Waals surface area contributed by atoms with Gasteiger partial charge in [-0.05, 0) is 103 Å². The number of carbonyl (C=O) groups is 2. The Kier molecular flexibility index (Phi) is 14.5. The molecular formula is C35H60N8O3. The van der Waals surface area contributed by atoms with Crippen molar-refractivity contribution in [1.82, 2.24) is 39.1 Å². The van der Waals surface area contributed by atoms with Crippen LogP contribution in [0.3, 0.4) is 0 Å². The van der Waals surface area contributed by atoms with Crippen LogP contribution in [-0.4, -0.2) is 116 Å². The van der Waals surface area contributed by atoms with Crippen LogP contribution >= 0.6 is 0 Å². The second kappa shape index (κ2) is 18.5. The maximum Gasteiger partial charge on any atom is 0.306 e. The lowest BCUT2D eigenvalue weighted by Crippen LogP contribution is -2.45. The molecule has 0 radical (unpaired) electrons. The molecule has 4 rings (SSSR count). The zero-order valence-electron chi connectivity index (χ0n) is 29.1. The van der Waals surface area contributed by atoms with Crippen LogP contribution in [-0.2, 0) is 34.0 Å². The minimum atomic E-state index is -0.315. The molecule has 46 heavy (non-hydrogen) atoms. The molecule has 4 heterocycles. The van der Waals surface area contributed by atoms with Crippen molar-refractivity contribution in [3.05, 3.63) is 36.4 Å². The summed E-state index contributed by atoms with van der Waals surface area (Å²) in [4.78, 5) is 46.2. The van der Waals surface area contributed by atoms with E-state index in [2.05, 4.69) is 49.3 Å². The molecule has 0 saturated carbocycles. The Morgan fingerprint density at radius 3 is 2.41 bits per heavy atom. The normalized spacial score (nSPS) is 17.0. The average molecular weight is 641 g/mol. The largest absolute Gasteiger partial charge is 0.456 e. The van der Waals surface area contributed by atoms with Gasteiger partial charge in [-0.25, -0.2) is 9.97 Å². The minimum Gasteiger partial charge on any atom is -0.456 e. The van der Waals surface area contributed by atoms with Gasteiger partial charge in [0, 0.05) is 63.4 Å². The lowest BCUT2D eigenvalue weighted by molar-refractivity contribution is -0.152. The molecule has 2 fully saturated rings. The monoisotopic (exact) mass is 640 g/mol. The highest BCUT2D eigenvalue weighted by Crippen LogP contribution is 2.41. The molecule has 2 saturated heterocycles. The summed E-state index contributed by atoms with van der Waals surface area (Å²) in [5, 5.41) is 0. The van der Waals surface area contributed by atoms with Gasteiger partial charge in [-0.2, -0.15) is 0 Å². The van der Waals surface area contributed by atoms with E-state index in [1.165, 1.54) is 58.3 Å². The van der Waals surface area contributed by atoms with Gasteiger partial charge in [-0.3, -0.25) is 14.5 Å². The van der Waals surface area contributed by atoms with E-state index in [0.29, 0.717) is 37.9 Å². The van der Waals surface area contributed by atoms with E-state index in [1.807, 2.05) is 26.2 Å². The number of imidazole rings is 2. The van der Waals surface area contributed by atoms with Crippen LogP contribution in [0, 0.1) is 5.41 Å². The Balaban J connectivity index is 1.20. The zero-order chi connectivity index (χ0) is 32.8. The van der Waals surface area contributed by atoms with Crippen molar-refractivity contribution in [3.63, 3.8) is 0 Å². The Morgan fingerprint density at radius 2 is 1.72 bits per heavy atom. The number of unbranched alkanes of at least 4 members (excludes halogenated alkanes) is 1. The van der Waals surface area contributed by atoms with Crippen molar-refractivity contribution in [2.45, 2.75) is 111 Å². The number of aromatic amines is 1. The number of hydrogen-bond donors (Lipinski definition) is 1. The summed E-state index contributed by atoms with van der Waals surface area (Å²) in [5.74, 6) is 1.52. The molecule has 1 amide bonds. The SMILES string of the molecule is CCC(CC)N1CCC2(CCN(CCCn3ccnc3CN(CCCCC(=O)OCC(=O)N(CC)CC)Cc3ncc[nH]3)C2)CC1. The van der Waals surface area contributed by atoms with Gasteiger partial charge >= 0.3 is 5.97 Å². The molecule has 1 spiro atoms. The lowest BCUT2D eigenvalue weighted by atomic mass is 9.77. The van der Waals surface area contributed by atoms with Gasteiger partial charge in [-0.15, -0.1) is 0 Å². The molecule has 2 aromatic heterocycles. The second-order valence-electron chi connectivity index (χ2n) is 13.4. The van der Waals surface area contributed by atoms with Crippen molar-refractivity contribution >= 4 is 11.9 Å². The predicted molar refractivity (Wildman–Crippen MR) is 181 cm³/mol. The quantitative estimate of drug-likeness (QED) is 0.166. The third-order valence-electron chi connectivity index (χ3n) is 10.4. The van der Waals surface area contributed by atoms with Crippen molar-refractivity contribution in [3.8, 4) is 0 Å². The van der Waals surface area contributed by atoms with Crippen molar-refractivity contribution in [2.24, 2.45) is 5.41 Å². The summed E-state index contributed by atoms with van der Waals surface area (Å²) in [7, 11) is 0. The van der Waals surface area contributed by atoms with E-state index in [9.17, 15) is 9.59 Å². The first-order valence-electron chi connectivity index (χ1n) is 18.0. The minimum absolute atomic E-state index is 0.143. The van der Waals surface area contributed by atoms with E-state index >= 15 is 0 Å². The molecular weight excluding hydrogens is 580 g/mol. The summed E-state index contributed by atoms with van der Waals surface area (Å²) in [6, 6.07) is 0.763. The van der Waals surface area contributed by atoms with E-state index in [4.69, 9.17) is 9.72 Å². The van der Waals surface area contributed by atoms with Gasteiger partial charge in [0.05, 0.1) is 13.1 Å². The number of hydrogen-bond acceptors (Lipinski definition) is 8. The topological polar surface area (TPSA) is 103 Å². The maximum absolute atomic E-state index is 12.3. The van der Waals surface area contributed by atoms with Crippen LogP contribution in [0.4, 0.5) is 0 Å². The molecule has 258 valence electrons. The molecule has 2 aromatic rings. The van der Waals surface area contributed by atoms with Gasteiger partial charge in [-0.1, -0.05) is 13.8 Å². The number of aryl methyl sites for hydroxylation is 1. The average Bonchev–Trinajstić information content (AvgIpc) is 3.83. The first kappa shape index (κ1) is 36.1. The van der Waals surface area contributed by atoms with Gasteiger partial charge in [0.2, 0.25) is 0 Å². The van der Waals surface area contributed by atoms with Crippen molar-refractivity contribution in [1.29, 1.82) is 0 Å². The summed E-state index contributed by atoms with van der Waals surface area (Å²) in [5.41, 5.74) is 0.536. The Labute approximate surface area is 277 Å². The number of nitrogens with zero attached hydrogens (tertiary/aromatic N) is 7. The Hall–Kier alpha value is -2.76. The molecule has 0 aromatic carbocycles. The smallest absolute Gasteiger partial charge is 0.306 e. The Morgan fingerprint density at radius 1 is 0.957 bits per heavy atom. The summed E-state index contributed by atoms with van der Waals surface area (Å²) >= 11 is 0. The van der Waals surface area contributed by atoms with E-state index in [0.717, 1.165) is 56.7 Å². The molecule has 0 bridgehead atoms. The van der Waals surface area contributed by atoms with E-state index < -0.39 is 0 Å². The molecule has 0 atom stereocenters. The third kappa shape index (κ3) is 10.6. The number of piperidine rings is 1. The standard InChI is InChI=1S/C35H60N8O3/c1-5-30(6-2)42-23-14-35(15-24-42)13-22-39(29-35)20-11-21-43-25-18-38-32(43)27-40(26-31-36-16-17-37-31)19-10-9-12-34(45)46-28-33(44)41(7-3)8-4/h16-18,25,30H,5-15,19-24,26-29H2,1-4H3,(H,36,37). The molecule has 2 aliphatic rings. The van der Waals surface area contributed by atoms with E-state index in [1.54, 1.807) is 11.1 Å². The van der Waals surface area contributed by atoms with Crippen LogP contribution in [0.1, 0.15) is 97.1 Å². The number of aromatic nitrogens is 4. The van der Waals surface area contributed by atoms with Gasteiger partial charge < -0.3 is 29.0 Å². The van der Waals surface area contributed by atoms with Crippen LogP contribution in [0.2, 0.25) is 0 Å². The summed E-state index contributed by atoms with van der Waals surface area (Å²) < 4.78 is 7.54. The van der Waals surface area contributed by atoms with Crippen molar-refractivity contribution in [2.75, 3.05) is 59.0 Å². The fraction of sp³-hybridized carbons (Fsp3) is 0.771. The second-order valence-corrected chi connectivity index (χ2v) is 13.4. The number of likely N-dealkylation sites (tertiary alicyclic amines) is 2.